The third-order valence-corrected chi connectivity index (χ3v) is 4.64. The van der Waals surface area contributed by atoms with Crippen molar-refractivity contribution in [3.8, 4) is 0 Å². The molecule has 1 atom stereocenters. The van der Waals surface area contributed by atoms with Gasteiger partial charge in [0.05, 0.1) is 16.2 Å². The van der Waals surface area contributed by atoms with Gasteiger partial charge in [-0.1, -0.05) is 29.8 Å². The zero-order chi connectivity index (χ0) is 14.1. The maximum atomic E-state index is 6.53. The first-order chi connectivity index (χ1) is 9.66. The molecule has 1 saturated heterocycles. The van der Waals surface area contributed by atoms with Crippen LogP contribution in [0, 0.1) is 6.92 Å². The Labute approximate surface area is 124 Å². The van der Waals surface area contributed by atoms with E-state index in [1.165, 1.54) is 0 Å². The molecule has 0 radical (unpaired) electrons. The molecule has 1 aliphatic rings. The van der Waals surface area contributed by atoms with Gasteiger partial charge in [-0.3, -0.25) is 4.90 Å². The molecule has 1 aromatic heterocycles. The van der Waals surface area contributed by atoms with Gasteiger partial charge < -0.3 is 5.32 Å². The average Bonchev–Trinajstić information content (AvgIpc) is 2.47. The highest BCUT2D eigenvalue weighted by Gasteiger charge is 2.20. The van der Waals surface area contributed by atoms with Crippen LogP contribution in [-0.4, -0.2) is 35.6 Å². The van der Waals surface area contributed by atoms with E-state index >= 15 is 0 Å². The fourth-order valence-electron chi connectivity index (χ4n) is 2.83. The summed E-state index contributed by atoms with van der Waals surface area (Å²) < 4.78 is 0. The number of pyridine rings is 1. The van der Waals surface area contributed by atoms with Gasteiger partial charge in [0.2, 0.25) is 0 Å². The molecule has 1 fully saturated rings. The number of nitrogens with one attached hydrogen (secondary N) is 1. The van der Waals surface area contributed by atoms with Crippen molar-refractivity contribution in [1.82, 2.24) is 15.2 Å². The molecule has 2 aromatic rings. The molecule has 0 spiro atoms. The van der Waals surface area contributed by atoms with Crippen LogP contribution in [0.15, 0.2) is 24.3 Å². The molecule has 106 valence electrons. The van der Waals surface area contributed by atoms with Crippen molar-refractivity contribution in [3.63, 3.8) is 0 Å². The number of hydrogen-bond donors (Lipinski definition) is 1. The Morgan fingerprint density at radius 2 is 2.20 bits per heavy atom. The number of halogens is 1. The summed E-state index contributed by atoms with van der Waals surface area (Å²) in [7, 11) is 0. The number of benzene rings is 1. The summed E-state index contributed by atoms with van der Waals surface area (Å²) in [5.41, 5.74) is 3.17. The van der Waals surface area contributed by atoms with E-state index in [1.807, 2.05) is 12.1 Å². The number of para-hydroxylation sites is 1. The van der Waals surface area contributed by atoms with Gasteiger partial charge >= 0.3 is 0 Å². The highest BCUT2D eigenvalue weighted by molar-refractivity contribution is 6.32. The predicted octanol–water partition coefficient (Wildman–Crippen LogP) is 2.99. The van der Waals surface area contributed by atoms with Gasteiger partial charge in [0.1, 0.15) is 0 Å². The fourth-order valence-corrected chi connectivity index (χ4v) is 3.04. The number of hydrogen-bond acceptors (Lipinski definition) is 3. The third-order valence-electron chi connectivity index (χ3n) is 4.14. The summed E-state index contributed by atoms with van der Waals surface area (Å²) in [6.07, 6.45) is 0. The standard InChI is InChI=1S/C16H20ClN3/c1-11-9-18-7-8-20(11)10-15-16(17)12(2)13-5-3-4-6-14(13)19-15/h3-6,11,18H,7-10H2,1-2H3/t11-/m0/s1. The summed E-state index contributed by atoms with van der Waals surface area (Å²) in [4.78, 5) is 7.21. The van der Waals surface area contributed by atoms with E-state index in [1.54, 1.807) is 0 Å². The van der Waals surface area contributed by atoms with E-state index in [4.69, 9.17) is 16.6 Å². The Morgan fingerprint density at radius 1 is 1.40 bits per heavy atom. The van der Waals surface area contributed by atoms with Gasteiger partial charge in [-0.2, -0.15) is 0 Å². The molecule has 20 heavy (non-hydrogen) atoms. The maximum absolute atomic E-state index is 6.53. The number of aryl methyl sites for hydroxylation is 1. The zero-order valence-electron chi connectivity index (χ0n) is 12.0. The van der Waals surface area contributed by atoms with Crippen LogP contribution < -0.4 is 5.32 Å². The molecular formula is C16H20ClN3. The topological polar surface area (TPSA) is 28.2 Å². The molecular weight excluding hydrogens is 270 g/mol. The van der Waals surface area contributed by atoms with Crippen LogP contribution in [0.1, 0.15) is 18.2 Å². The number of fused-ring (bicyclic) bond motifs is 1. The lowest BCUT2D eigenvalue weighted by molar-refractivity contribution is 0.164. The first-order valence-corrected chi connectivity index (χ1v) is 7.53. The van der Waals surface area contributed by atoms with Crippen molar-refractivity contribution in [2.75, 3.05) is 19.6 Å². The SMILES string of the molecule is Cc1c(Cl)c(CN2CCNC[C@@H]2C)nc2ccccc12. The summed E-state index contributed by atoms with van der Waals surface area (Å²) in [6, 6.07) is 8.73. The summed E-state index contributed by atoms with van der Waals surface area (Å²) in [6.45, 7) is 8.27. The quantitative estimate of drug-likeness (QED) is 0.921. The van der Waals surface area contributed by atoms with Gasteiger partial charge in [0.15, 0.2) is 0 Å². The second-order valence-electron chi connectivity index (χ2n) is 5.54. The minimum Gasteiger partial charge on any atom is -0.314 e. The first kappa shape index (κ1) is 13.8. The van der Waals surface area contributed by atoms with Crippen molar-refractivity contribution in [2.45, 2.75) is 26.4 Å². The zero-order valence-corrected chi connectivity index (χ0v) is 12.7. The van der Waals surface area contributed by atoms with E-state index < -0.39 is 0 Å². The smallest absolute Gasteiger partial charge is 0.0740 e. The monoisotopic (exact) mass is 289 g/mol. The molecule has 0 aliphatic carbocycles. The Balaban J connectivity index is 1.97. The van der Waals surface area contributed by atoms with Gasteiger partial charge in [0.25, 0.3) is 0 Å². The van der Waals surface area contributed by atoms with Crippen molar-refractivity contribution < 1.29 is 0 Å². The first-order valence-electron chi connectivity index (χ1n) is 7.15. The average molecular weight is 290 g/mol. The van der Waals surface area contributed by atoms with Crippen molar-refractivity contribution in [1.29, 1.82) is 0 Å². The van der Waals surface area contributed by atoms with Crippen LogP contribution in [0.2, 0.25) is 5.02 Å². The van der Waals surface area contributed by atoms with E-state index in [0.717, 1.165) is 53.4 Å². The van der Waals surface area contributed by atoms with E-state index in [9.17, 15) is 0 Å². The van der Waals surface area contributed by atoms with Crippen molar-refractivity contribution in [2.24, 2.45) is 0 Å². The molecule has 3 nitrogen and oxygen atoms in total. The van der Waals surface area contributed by atoms with Gasteiger partial charge in [0, 0.05) is 37.6 Å². The van der Waals surface area contributed by atoms with Crippen LogP contribution in [0.3, 0.4) is 0 Å². The Bertz CT molecular complexity index is 626. The lowest BCUT2D eigenvalue weighted by Crippen LogP contribution is -2.49. The lowest BCUT2D eigenvalue weighted by Gasteiger charge is -2.33. The van der Waals surface area contributed by atoms with Crippen LogP contribution in [0.4, 0.5) is 0 Å². The molecule has 4 heteroatoms. The lowest BCUT2D eigenvalue weighted by atomic mass is 10.1. The van der Waals surface area contributed by atoms with E-state index in [0.29, 0.717) is 6.04 Å². The highest BCUT2D eigenvalue weighted by Crippen LogP contribution is 2.28. The van der Waals surface area contributed by atoms with E-state index in [2.05, 4.69) is 36.2 Å². The molecule has 1 N–H and O–H groups in total. The molecule has 0 amide bonds. The number of rotatable bonds is 2. The molecule has 2 heterocycles. The van der Waals surface area contributed by atoms with Gasteiger partial charge in [-0.15, -0.1) is 0 Å². The largest absolute Gasteiger partial charge is 0.314 e. The second kappa shape index (κ2) is 5.68. The van der Waals surface area contributed by atoms with E-state index in [-0.39, 0.29) is 0 Å². The number of nitrogens with zero attached hydrogens (tertiary/aromatic N) is 2. The molecule has 0 bridgehead atoms. The number of aromatic nitrogens is 1. The molecule has 0 unspecified atom stereocenters. The van der Waals surface area contributed by atoms with Crippen LogP contribution >= 0.6 is 11.6 Å². The predicted molar refractivity (Wildman–Crippen MR) is 84.2 cm³/mol. The normalized spacial score (nSPS) is 20.4. The summed E-state index contributed by atoms with van der Waals surface area (Å²) >= 11 is 6.53. The van der Waals surface area contributed by atoms with Crippen molar-refractivity contribution >= 4 is 22.5 Å². The Morgan fingerprint density at radius 3 is 3.00 bits per heavy atom. The van der Waals surface area contributed by atoms with Gasteiger partial charge in [-0.05, 0) is 25.5 Å². The molecule has 3 rings (SSSR count). The van der Waals surface area contributed by atoms with Crippen molar-refractivity contribution in [3.05, 3.63) is 40.5 Å². The Kier molecular flexibility index (Phi) is 3.92. The summed E-state index contributed by atoms with van der Waals surface area (Å²) in [5, 5.41) is 5.37. The molecule has 1 aromatic carbocycles. The second-order valence-corrected chi connectivity index (χ2v) is 5.92. The Hall–Kier alpha value is -1.16. The maximum Gasteiger partial charge on any atom is 0.0740 e. The van der Waals surface area contributed by atoms with Gasteiger partial charge in [-0.25, -0.2) is 4.98 Å². The fraction of sp³-hybridized carbons (Fsp3) is 0.438. The van der Waals surface area contributed by atoms with Crippen LogP contribution in [-0.2, 0) is 6.54 Å². The molecule has 1 aliphatic heterocycles. The minimum absolute atomic E-state index is 0.522. The molecule has 0 saturated carbocycles. The van der Waals surface area contributed by atoms with Crippen LogP contribution in [0.25, 0.3) is 10.9 Å². The highest BCUT2D eigenvalue weighted by atomic mass is 35.5. The third kappa shape index (κ3) is 2.53. The summed E-state index contributed by atoms with van der Waals surface area (Å²) in [5.74, 6) is 0. The number of piperazine rings is 1. The minimum atomic E-state index is 0.522. The van der Waals surface area contributed by atoms with Crippen LogP contribution in [0.5, 0.6) is 0 Å².